The minimum absolute atomic E-state index is 0.362. The summed E-state index contributed by atoms with van der Waals surface area (Å²) in [6, 6.07) is 14.2. The van der Waals surface area contributed by atoms with Gasteiger partial charge in [0.1, 0.15) is 17.4 Å². The van der Waals surface area contributed by atoms with Gasteiger partial charge in [-0.3, -0.25) is 0 Å². The van der Waals surface area contributed by atoms with Crippen molar-refractivity contribution in [1.29, 1.82) is 0 Å². The van der Waals surface area contributed by atoms with Crippen LogP contribution in [0.25, 0.3) is 22.5 Å². The van der Waals surface area contributed by atoms with E-state index in [9.17, 15) is 17.6 Å². The lowest BCUT2D eigenvalue weighted by Gasteiger charge is -2.28. The van der Waals surface area contributed by atoms with Crippen molar-refractivity contribution in [3.05, 3.63) is 114 Å². The van der Waals surface area contributed by atoms with Gasteiger partial charge in [0.05, 0.1) is 5.56 Å². The SMILES string of the molecule is C=CCCc1ccc(OC(F)(F)c2ccc(-c3ccc(-c4ncc(C5CCC(CCCCC)CC5)cn4)cc3)cc2F)cc1F. The Morgan fingerprint density at radius 1 is 0.844 bits per heavy atom. The smallest absolute Gasteiger partial charge is 0.429 e. The summed E-state index contributed by atoms with van der Waals surface area (Å²) in [4.78, 5) is 9.24. The fourth-order valence-corrected chi connectivity index (χ4v) is 6.16. The molecule has 0 atom stereocenters. The number of allylic oxidation sites excluding steroid dienone is 1. The van der Waals surface area contributed by atoms with Crippen LogP contribution in [0.4, 0.5) is 17.6 Å². The van der Waals surface area contributed by atoms with Crippen molar-refractivity contribution in [1.82, 2.24) is 9.97 Å². The van der Waals surface area contributed by atoms with Crippen molar-refractivity contribution in [2.24, 2.45) is 5.92 Å². The molecule has 0 spiro atoms. The van der Waals surface area contributed by atoms with E-state index in [-0.39, 0.29) is 5.75 Å². The van der Waals surface area contributed by atoms with Crippen molar-refractivity contribution < 1.29 is 22.3 Å². The zero-order valence-corrected chi connectivity index (χ0v) is 25.8. The van der Waals surface area contributed by atoms with Crippen LogP contribution in [0, 0.1) is 17.6 Å². The Labute approximate surface area is 263 Å². The molecule has 7 heteroatoms. The summed E-state index contributed by atoms with van der Waals surface area (Å²) < 4.78 is 63.9. The van der Waals surface area contributed by atoms with Crippen LogP contribution in [-0.4, -0.2) is 9.97 Å². The Balaban J connectivity index is 1.21. The summed E-state index contributed by atoms with van der Waals surface area (Å²) in [6.45, 7) is 5.84. The van der Waals surface area contributed by atoms with Crippen LogP contribution in [0.2, 0.25) is 0 Å². The van der Waals surface area contributed by atoms with Crippen LogP contribution in [0.1, 0.15) is 87.3 Å². The number of aryl methyl sites for hydroxylation is 1. The van der Waals surface area contributed by atoms with Crippen LogP contribution in [-0.2, 0) is 12.5 Å². The second-order valence-corrected chi connectivity index (χ2v) is 12.0. The molecule has 0 bridgehead atoms. The van der Waals surface area contributed by atoms with Crippen molar-refractivity contribution in [2.45, 2.75) is 83.2 Å². The molecule has 1 aliphatic carbocycles. The molecule has 0 aliphatic heterocycles. The Morgan fingerprint density at radius 3 is 2.18 bits per heavy atom. The van der Waals surface area contributed by atoms with Gasteiger partial charge in [0.2, 0.25) is 0 Å². The molecule has 236 valence electrons. The van der Waals surface area contributed by atoms with Crippen LogP contribution in [0.15, 0.2) is 85.7 Å². The molecule has 0 N–H and O–H groups in total. The van der Waals surface area contributed by atoms with E-state index in [1.54, 1.807) is 18.2 Å². The number of hydrogen-bond acceptors (Lipinski definition) is 3. The van der Waals surface area contributed by atoms with Crippen LogP contribution in [0.3, 0.4) is 0 Å². The van der Waals surface area contributed by atoms with E-state index in [1.165, 1.54) is 75.1 Å². The lowest BCUT2D eigenvalue weighted by molar-refractivity contribution is -0.187. The Morgan fingerprint density at radius 2 is 1.53 bits per heavy atom. The summed E-state index contributed by atoms with van der Waals surface area (Å²) in [7, 11) is 0. The molecular weight excluding hydrogens is 576 g/mol. The lowest BCUT2D eigenvalue weighted by Crippen LogP contribution is -2.23. The highest BCUT2D eigenvalue weighted by Gasteiger charge is 2.38. The molecule has 0 saturated heterocycles. The monoisotopic (exact) mass is 616 g/mol. The maximum Gasteiger partial charge on any atom is 0.429 e. The molecule has 1 aromatic heterocycles. The highest BCUT2D eigenvalue weighted by atomic mass is 19.3. The van der Waals surface area contributed by atoms with Crippen molar-refractivity contribution in [3.63, 3.8) is 0 Å². The van der Waals surface area contributed by atoms with E-state index < -0.39 is 23.3 Å². The highest BCUT2D eigenvalue weighted by Crippen LogP contribution is 2.38. The molecule has 45 heavy (non-hydrogen) atoms. The molecule has 1 fully saturated rings. The van der Waals surface area contributed by atoms with Gasteiger partial charge in [-0.15, -0.1) is 6.58 Å². The first-order valence-electron chi connectivity index (χ1n) is 16.0. The molecule has 1 saturated carbocycles. The quantitative estimate of drug-likeness (QED) is 0.0852. The number of nitrogens with zero attached hydrogens (tertiary/aromatic N) is 2. The number of halogens is 4. The normalized spacial score (nSPS) is 16.8. The van der Waals surface area contributed by atoms with Crippen molar-refractivity contribution in [2.75, 3.05) is 0 Å². The number of alkyl halides is 2. The summed E-state index contributed by atoms with van der Waals surface area (Å²) in [5, 5.41) is 0. The fraction of sp³-hybridized carbons (Fsp3) is 0.368. The van der Waals surface area contributed by atoms with Gasteiger partial charge in [0, 0.05) is 24.0 Å². The van der Waals surface area contributed by atoms with Gasteiger partial charge in [-0.1, -0.05) is 75.1 Å². The number of rotatable bonds is 13. The largest absolute Gasteiger partial charge is 0.429 e. The van der Waals surface area contributed by atoms with Gasteiger partial charge in [0.15, 0.2) is 5.82 Å². The van der Waals surface area contributed by atoms with Gasteiger partial charge in [-0.2, -0.15) is 8.78 Å². The lowest BCUT2D eigenvalue weighted by atomic mass is 9.77. The third kappa shape index (κ3) is 8.19. The van der Waals surface area contributed by atoms with E-state index >= 15 is 0 Å². The molecular formula is C38H40F4N2O. The Kier molecular flexibility index (Phi) is 10.7. The van der Waals surface area contributed by atoms with Crippen LogP contribution in [0.5, 0.6) is 5.75 Å². The van der Waals surface area contributed by atoms with Gasteiger partial charge in [0.25, 0.3) is 0 Å². The molecule has 3 nitrogen and oxygen atoms in total. The molecule has 3 aromatic carbocycles. The highest BCUT2D eigenvalue weighted by molar-refractivity contribution is 5.68. The third-order valence-corrected chi connectivity index (χ3v) is 8.85. The molecule has 0 amide bonds. The average molecular weight is 617 g/mol. The summed E-state index contributed by atoms with van der Waals surface area (Å²) in [5.74, 6) is -0.225. The number of aromatic nitrogens is 2. The van der Waals surface area contributed by atoms with Crippen LogP contribution < -0.4 is 4.74 Å². The molecule has 0 unspecified atom stereocenters. The van der Waals surface area contributed by atoms with Crippen LogP contribution >= 0.6 is 0 Å². The second kappa shape index (κ2) is 14.9. The minimum Gasteiger partial charge on any atom is -0.429 e. The number of ether oxygens (including phenoxy) is 1. The number of hydrogen-bond donors (Lipinski definition) is 0. The number of benzene rings is 3. The first-order valence-corrected chi connectivity index (χ1v) is 16.0. The third-order valence-electron chi connectivity index (χ3n) is 8.85. The topological polar surface area (TPSA) is 35.0 Å². The Hall–Kier alpha value is -4.00. The van der Waals surface area contributed by atoms with E-state index in [0.717, 1.165) is 29.7 Å². The maximum absolute atomic E-state index is 15.0. The summed E-state index contributed by atoms with van der Waals surface area (Å²) >= 11 is 0. The first kappa shape index (κ1) is 32.4. The maximum atomic E-state index is 15.0. The molecule has 1 aliphatic rings. The molecule has 1 heterocycles. The van der Waals surface area contributed by atoms with E-state index in [0.29, 0.717) is 41.3 Å². The van der Waals surface area contributed by atoms with E-state index in [1.807, 2.05) is 24.5 Å². The van der Waals surface area contributed by atoms with Gasteiger partial charge in [-0.05, 0) is 90.8 Å². The fourth-order valence-electron chi connectivity index (χ4n) is 6.16. The second-order valence-electron chi connectivity index (χ2n) is 12.0. The average Bonchev–Trinajstić information content (AvgIpc) is 3.05. The predicted molar refractivity (Wildman–Crippen MR) is 171 cm³/mol. The zero-order valence-electron chi connectivity index (χ0n) is 25.8. The zero-order chi connectivity index (χ0) is 31.8. The molecule has 4 aromatic rings. The van der Waals surface area contributed by atoms with Crippen molar-refractivity contribution in [3.8, 4) is 28.3 Å². The first-order chi connectivity index (χ1) is 21.8. The predicted octanol–water partition coefficient (Wildman–Crippen LogP) is 11.2. The van der Waals surface area contributed by atoms with Crippen molar-refractivity contribution >= 4 is 0 Å². The molecule has 5 rings (SSSR count). The number of unbranched alkanes of at least 4 members (excludes halogenated alkanes) is 2. The summed E-state index contributed by atoms with van der Waals surface area (Å²) in [5.41, 5.74) is 2.50. The molecule has 0 radical (unpaired) electrons. The summed E-state index contributed by atoms with van der Waals surface area (Å²) in [6.07, 6.45) is 12.6. The standard InChI is InChI=1S/C38H40F4N2O/c1-3-5-7-8-26-10-12-28(13-11-26)32-24-43-37(44-25-32)30-16-14-27(15-17-30)31-19-21-34(36(40)22-31)38(41,42)45-33-20-18-29(9-6-4-2)35(39)23-33/h4,14-26,28H,2-3,5-13H2,1H3. The Bertz CT molecular complexity index is 1560. The van der Waals surface area contributed by atoms with Gasteiger partial charge < -0.3 is 4.74 Å². The van der Waals surface area contributed by atoms with Gasteiger partial charge >= 0.3 is 6.11 Å². The minimum atomic E-state index is -4.00. The van der Waals surface area contributed by atoms with E-state index in [4.69, 9.17) is 4.74 Å². The van der Waals surface area contributed by atoms with Gasteiger partial charge in [-0.25, -0.2) is 18.7 Å². The van der Waals surface area contributed by atoms with E-state index in [2.05, 4.69) is 23.5 Å².